The van der Waals surface area contributed by atoms with Crippen LogP contribution < -0.4 is 4.90 Å². The van der Waals surface area contributed by atoms with Gasteiger partial charge in [0, 0.05) is 28.7 Å². The number of rotatable bonds is 4. The molecule has 26 heavy (non-hydrogen) atoms. The second-order valence-corrected chi connectivity index (χ2v) is 6.77. The summed E-state index contributed by atoms with van der Waals surface area (Å²) >= 11 is 0. The van der Waals surface area contributed by atoms with Crippen LogP contribution in [0.3, 0.4) is 0 Å². The fourth-order valence-corrected chi connectivity index (χ4v) is 3.88. The van der Waals surface area contributed by atoms with Crippen molar-refractivity contribution < 1.29 is 14.3 Å². The number of carbonyl (C=O) groups is 1. The normalized spacial score (nSPS) is 18.9. The molecule has 0 saturated heterocycles. The Morgan fingerprint density at radius 2 is 2.00 bits per heavy atom. The van der Waals surface area contributed by atoms with E-state index in [1.54, 1.807) is 6.07 Å². The van der Waals surface area contributed by atoms with Crippen LogP contribution in [0.5, 0.6) is 0 Å². The molecule has 0 radical (unpaired) electrons. The van der Waals surface area contributed by atoms with E-state index in [0.29, 0.717) is 6.42 Å². The SMILES string of the molecule is CC1C(Cc2ccc3ccccc3n2)c2cc(F)ccc2N1CC(=O)O. The van der Waals surface area contributed by atoms with E-state index in [9.17, 15) is 14.3 Å². The summed E-state index contributed by atoms with van der Waals surface area (Å²) in [5.74, 6) is -1.20. The van der Waals surface area contributed by atoms with Crippen molar-refractivity contribution in [1.82, 2.24) is 4.98 Å². The van der Waals surface area contributed by atoms with Gasteiger partial charge in [0.1, 0.15) is 12.4 Å². The third kappa shape index (κ3) is 2.90. The first kappa shape index (κ1) is 16.5. The summed E-state index contributed by atoms with van der Waals surface area (Å²) in [4.78, 5) is 17.8. The Balaban J connectivity index is 1.70. The smallest absolute Gasteiger partial charge is 0.323 e. The number of anilines is 1. The topological polar surface area (TPSA) is 53.4 Å². The van der Waals surface area contributed by atoms with Crippen molar-refractivity contribution >= 4 is 22.6 Å². The molecule has 1 N–H and O–H groups in total. The van der Waals surface area contributed by atoms with Gasteiger partial charge in [-0.15, -0.1) is 0 Å². The molecular formula is C21H19FN2O2. The Kier molecular flexibility index (Phi) is 4.07. The van der Waals surface area contributed by atoms with Gasteiger partial charge in [-0.05, 0) is 49.2 Å². The number of fused-ring (bicyclic) bond motifs is 2. The summed E-state index contributed by atoms with van der Waals surface area (Å²) in [6.45, 7) is 1.90. The summed E-state index contributed by atoms with van der Waals surface area (Å²) < 4.78 is 13.8. The highest BCUT2D eigenvalue weighted by Crippen LogP contribution is 2.42. The van der Waals surface area contributed by atoms with Crippen LogP contribution in [0.1, 0.15) is 24.1 Å². The van der Waals surface area contributed by atoms with Crippen LogP contribution in [0.25, 0.3) is 10.9 Å². The zero-order valence-corrected chi connectivity index (χ0v) is 14.4. The van der Waals surface area contributed by atoms with E-state index in [2.05, 4.69) is 0 Å². The van der Waals surface area contributed by atoms with Crippen molar-refractivity contribution in [3.8, 4) is 0 Å². The van der Waals surface area contributed by atoms with Crippen LogP contribution in [0, 0.1) is 5.82 Å². The number of benzene rings is 2. The van der Waals surface area contributed by atoms with Crippen LogP contribution >= 0.6 is 0 Å². The third-order valence-corrected chi connectivity index (χ3v) is 5.16. The molecule has 1 aliphatic heterocycles. The lowest BCUT2D eigenvalue weighted by molar-refractivity contribution is -0.135. The van der Waals surface area contributed by atoms with Crippen LogP contribution in [-0.2, 0) is 11.2 Å². The molecule has 2 aromatic carbocycles. The average Bonchev–Trinajstić information content (AvgIpc) is 2.86. The summed E-state index contributed by atoms with van der Waals surface area (Å²) in [7, 11) is 0. The molecule has 0 bridgehead atoms. The quantitative estimate of drug-likeness (QED) is 0.773. The van der Waals surface area contributed by atoms with Gasteiger partial charge in [0.25, 0.3) is 0 Å². The van der Waals surface area contributed by atoms with Gasteiger partial charge in [-0.1, -0.05) is 24.3 Å². The number of hydrogen-bond donors (Lipinski definition) is 1. The lowest BCUT2D eigenvalue weighted by Gasteiger charge is -2.25. The molecule has 4 nitrogen and oxygen atoms in total. The maximum Gasteiger partial charge on any atom is 0.323 e. The van der Waals surface area contributed by atoms with Gasteiger partial charge in [0.05, 0.1) is 5.52 Å². The predicted octanol–water partition coefficient (Wildman–Crippen LogP) is 3.99. The minimum absolute atomic E-state index is 0.00582. The first-order valence-corrected chi connectivity index (χ1v) is 8.65. The Labute approximate surface area is 150 Å². The van der Waals surface area contributed by atoms with Gasteiger partial charge in [-0.3, -0.25) is 9.78 Å². The maximum absolute atomic E-state index is 13.8. The van der Waals surface area contributed by atoms with Crippen molar-refractivity contribution in [2.24, 2.45) is 0 Å². The molecular weight excluding hydrogens is 331 g/mol. The summed E-state index contributed by atoms with van der Waals surface area (Å²) in [6, 6.07) is 16.5. The highest BCUT2D eigenvalue weighted by atomic mass is 19.1. The van der Waals surface area contributed by atoms with Crippen molar-refractivity contribution in [3.05, 3.63) is 71.7 Å². The van der Waals surface area contributed by atoms with E-state index in [1.165, 1.54) is 12.1 Å². The van der Waals surface area contributed by atoms with Crippen molar-refractivity contribution in [3.63, 3.8) is 0 Å². The van der Waals surface area contributed by atoms with Gasteiger partial charge >= 0.3 is 5.97 Å². The van der Waals surface area contributed by atoms with Gasteiger partial charge in [-0.25, -0.2) is 4.39 Å². The third-order valence-electron chi connectivity index (χ3n) is 5.16. The highest BCUT2D eigenvalue weighted by Gasteiger charge is 2.36. The van der Waals surface area contributed by atoms with E-state index in [-0.39, 0.29) is 24.3 Å². The standard InChI is InChI=1S/C21H19FN2O2/c1-13-17(11-16-8-6-14-4-2-3-5-19(14)23-16)18-10-15(22)7-9-20(18)24(13)12-21(25)26/h2-10,13,17H,11-12H2,1H3,(H,25,26). The number of nitrogens with zero attached hydrogens (tertiary/aromatic N) is 2. The number of carboxylic acid groups (broad SMARTS) is 1. The fourth-order valence-electron chi connectivity index (χ4n) is 3.88. The molecule has 0 saturated carbocycles. The van der Waals surface area contributed by atoms with Crippen molar-refractivity contribution in [2.75, 3.05) is 11.4 Å². The molecule has 0 amide bonds. The molecule has 2 unspecified atom stereocenters. The van der Waals surface area contributed by atoms with E-state index in [0.717, 1.165) is 27.8 Å². The molecule has 4 rings (SSSR count). The second kappa shape index (κ2) is 6.41. The molecule has 3 aromatic rings. The van der Waals surface area contributed by atoms with E-state index >= 15 is 0 Å². The van der Waals surface area contributed by atoms with E-state index in [1.807, 2.05) is 48.2 Å². The average molecular weight is 350 g/mol. The number of hydrogen-bond acceptors (Lipinski definition) is 3. The van der Waals surface area contributed by atoms with E-state index < -0.39 is 5.97 Å². The van der Waals surface area contributed by atoms with Crippen molar-refractivity contribution in [2.45, 2.75) is 25.3 Å². The molecule has 0 spiro atoms. The lowest BCUT2D eigenvalue weighted by atomic mass is 9.91. The lowest BCUT2D eigenvalue weighted by Crippen LogP contribution is -2.36. The van der Waals surface area contributed by atoms with Gasteiger partial charge in [0.2, 0.25) is 0 Å². The highest BCUT2D eigenvalue weighted by molar-refractivity contribution is 5.79. The molecule has 0 fully saturated rings. The second-order valence-electron chi connectivity index (χ2n) is 6.77. The van der Waals surface area contributed by atoms with E-state index in [4.69, 9.17) is 4.98 Å². The Morgan fingerprint density at radius 3 is 2.81 bits per heavy atom. The van der Waals surface area contributed by atoms with Crippen molar-refractivity contribution in [1.29, 1.82) is 0 Å². The molecule has 132 valence electrons. The number of para-hydroxylation sites is 1. The summed E-state index contributed by atoms with van der Waals surface area (Å²) in [5.41, 5.74) is 3.51. The zero-order valence-electron chi connectivity index (χ0n) is 14.4. The largest absolute Gasteiger partial charge is 0.480 e. The Bertz CT molecular complexity index is 989. The number of pyridine rings is 1. The van der Waals surface area contributed by atoms with Gasteiger partial charge in [-0.2, -0.15) is 0 Å². The molecule has 2 heterocycles. The summed E-state index contributed by atoms with van der Waals surface area (Å²) in [6.07, 6.45) is 0.637. The minimum Gasteiger partial charge on any atom is -0.480 e. The van der Waals surface area contributed by atoms with Gasteiger partial charge in [0.15, 0.2) is 0 Å². The van der Waals surface area contributed by atoms with Crippen LogP contribution in [0.2, 0.25) is 0 Å². The first-order chi connectivity index (χ1) is 12.5. The number of carboxylic acids is 1. The zero-order chi connectivity index (χ0) is 18.3. The van der Waals surface area contributed by atoms with Crippen LogP contribution in [-0.4, -0.2) is 28.6 Å². The van der Waals surface area contributed by atoms with Gasteiger partial charge < -0.3 is 10.0 Å². The molecule has 0 aliphatic carbocycles. The Morgan fingerprint density at radius 1 is 1.19 bits per heavy atom. The molecule has 5 heteroatoms. The maximum atomic E-state index is 13.8. The Hall–Kier alpha value is -2.95. The fraction of sp³-hybridized carbons (Fsp3) is 0.238. The summed E-state index contributed by atoms with van der Waals surface area (Å²) in [5, 5.41) is 10.3. The van der Waals surface area contributed by atoms with Crippen LogP contribution in [0.4, 0.5) is 10.1 Å². The molecule has 1 aromatic heterocycles. The molecule has 1 aliphatic rings. The predicted molar refractivity (Wildman–Crippen MR) is 99.0 cm³/mol. The monoisotopic (exact) mass is 350 g/mol. The number of halogens is 1. The minimum atomic E-state index is -0.892. The first-order valence-electron chi connectivity index (χ1n) is 8.65. The van der Waals surface area contributed by atoms with Crippen LogP contribution in [0.15, 0.2) is 54.6 Å². The molecule has 2 atom stereocenters. The number of aromatic nitrogens is 1. The number of aliphatic carboxylic acids is 1.